The number of nitro groups is 1. The van der Waals surface area contributed by atoms with E-state index in [1.54, 1.807) is 4.90 Å². The summed E-state index contributed by atoms with van der Waals surface area (Å²) in [6.07, 6.45) is 0.940. The highest BCUT2D eigenvalue weighted by Crippen LogP contribution is 2.34. The zero-order chi connectivity index (χ0) is 24.3. The van der Waals surface area contributed by atoms with Gasteiger partial charge in [-0.1, -0.05) is 0 Å². The molecule has 10 nitrogen and oxygen atoms in total. The first-order valence-electron chi connectivity index (χ1n) is 10.9. The van der Waals surface area contributed by atoms with Crippen LogP contribution in [-0.4, -0.2) is 62.9 Å². The molecule has 4 rings (SSSR count). The molecule has 1 N–H and O–H groups in total. The zero-order valence-electron chi connectivity index (χ0n) is 18.4. The molecule has 2 aromatic carbocycles. The lowest BCUT2D eigenvalue weighted by molar-refractivity contribution is -0.384. The van der Waals surface area contributed by atoms with Crippen LogP contribution in [0.15, 0.2) is 47.4 Å². The average Bonchev–Trinajstić information content (AvgIpc) is 2.85. The van der Waals surface area contributed by atoms with Crippen LogP contribution in [0.25, 0.3) is 0 Å². The Morgan fingerprint density at radius 2 is 1.71 bits per heavy atom. The fourth-order valence-electron chi connectivity index (χ4n) is 4.17. The lowest BCUT2D eigenvalue weighted by Crippen LogP contribution is -2.40. The van der Waals surface area contributed by atoms with Gasteiger partial charge in [-0.3, -0.25) is 14.9 Å². The maximum absolute atomic E-state index is 13.1. The highest BCUT2D eigenvalue weighted by Gasteiger charge is 2.32. The van der Waals surface area contributed by atoms with E-state index in [9.17, 15) is 27.7 Å². The summed E-state index contributed by atoms with van der Waals surface area (Å²) >= 11 is 0. The molecule has 0 radical (unpaired) electrons. The van der Waals surface area contributed by atoms with Crippen LogP contribution in [0.4, 0.5) is 21.5 Å². The molecule has 12 heteroatoms. The Bertz CT molecular complexity index is 1160. The molecule has 0 saturated carbocycles. The van der Waals surface area contributed by atoms with E-state index in [-0.39, 0.29) is 48.7 Å². The van der Waals surface area contributed by atoms with E-state index in [0.717, 1.165) is 6.07 Å². The van der Waals surface area contributed by atoms with Gasteiger partial charge in [0.15, 0.2) is 0 Å². The Balaban J connectivity index is 1.45. The van der Waals surface area contributed by atoms with Gasteiger partial charge in [-0.25, -0.2) is 12.8 Å². The van der Waals surface area contributed by atoms with Crippen molar-refractivity contribution in [3.8, 4) is 0 Å². The molecule has 2 heterocycles. The normalized spacial score (nSPS) is 18.0. The van der Waals surface area contributed by atoms with Gasteiger partial charge >= 0.3 is 0 Å². The number of benzene rings is 2. The van der Waals surface area contributed by atoms with Crippen molar-refractivity contribution in [2.75, 3.05) is 49.6 Å². The molecule has 0 aliphatic carbocycles. The lowest BCUT2D eigenvalue weighted by atomic mass is 9.95. The first-order chi connectivity index (χ1) is 16.3. The minimum atomic E-state index is -3.86. The summed E-state index contributed by atoms with van der Waals surface area (Å²) in [7, 11) is -3.86. The largest absolute Gasteiger partial charge is 0.379 e. The molecule has 2 aliphatic heterocycles. The SMILES string of the molecule is O=C(Nc1ccc(F)cc1)C1CCN(c2ccc(S(=O)(=O)N3CCOCC3)cc2[N+](=O)[O-])CC1. The van der Waals surface area contributed by atoms with Gasteiger partial charge in [0.05, 0.1) is 23.0 Å². The van der Waals surface area contributed by atoms with Crippen molar-refractivity contribution in [3.63, 3.8) is 0 Å². The van der Waals surface area contributed by atoms with Crippen LogP contribution in [0.3, 0.4) is 0 Å². The molecular formula is C22H25FN4O6S. The number of anilines is 2. The number of nitro benzene ring substituents is 1. The average molecular weight is 493 g/mol. The number of sulfonamides is 1. The van der Waals surface area contributed by atoms with Crippen molar-refractivity contribution in [3.05, 3.63) is 58.4 Å². The fourth-order valence-corrected chi connectivity index (χ4v) is 5.60. The molecule has 182 valence electrons. The minimum absolute atomic E-state index is 0.126. The molecule has 34 heavy (non-hydrogen) atoms. The molecule has 2 saturated heterocycles. The number of halogens is 1. The number of hydrogen-bond donors (Lipinski definition) is 1. The second kappa shape index (κ2) is 10.0. The second-order valence-corrected chi connectivity index (χ2v) is 10.1. The Labute approximate surface area is 196 Å². The molecule has 2 aromatic rings. The van der Waals surface area contributed by atoms with Crippen LogP contribution in [0.2, 0.25) is 0 Å². The van der Waals surface area contributed by atoms with Gasteiger partial charge in [0, 0.05) is 43.9 Å². The summed E-state index contributed by atoms with van der Waals surface area (Å²) in [5, 5.41) is 14.5. The number of amides is 1. The van der Waals surface area contributed by atoms with Crippen LogP contribution in [0.1, 0.15) is 12.8 Å². The Morgan fingerprint density at radius 1 is 1.06 bits per heavy atom. The molecule has 0 aromatic heterocycles. The fraction of sp³-hybridized carbons (Fsp3) is 0.409. The number of nitrogens with zero attached hydrogens (tertiary/aromatic N) is 3. The van der Waals surface area contributed by atoms with Gasteiger partial charge < -0.3 is 15.0 Å². The topological polar surface area (TPSA) is 122 Å². The van der Waals surface area contributed by atoms with Crippen molar-refractivity contribution >= 4 is 33.0 Å². The van der Waals surface area contributed by atoms with Gasteiger partial charge in [-0.2, -0.15) is 4.31 Å². The molecule has 1 amide bonds. The summed E-state index contributed by atoms with van der Waals surface area (Å²) in [5.74, 6) is -0.870. The number of carbonyl (C=O) groups is 1. The summed E-state index contributed by atoms with van der Waals surface area (Å²) in [4.78, 5) is 25.4. The van der Waals surface area contributed by atoms with Crippen LogP contribution >= 0.6 is 0 Å². The number of ether oxygens (including phenoxy) is 1. The van der Waals surface area contributed by atoms with Crippen molar-refractivity contribution in [1.29, 1.82) is 0 Å². The monoisotopic (exact) mass is 492 g/mol. The number of morpholine rings is 1. The van der Waals surface area contributed by atoms with Crippen molar-refractivity contribution in [2.45, 2.75) is 17.7 Å². The first kappa shape index (κ1) is 24.0. The molecule has 0 atom stereocenters. The van der Waals surface area contributed by atoms with Crippen molar-refractivity contribution in [1.82, 2.24) is 4.31 Å². The molecule has 0 unspecified atom stereocenters. The zero-order valence-corrected chi connectivity index (χ0v) is 19.2. The number of carbonyl (C=O) groups excluding carboxylic acids is 1. The predicted molar refractivity (Wildman–Crippen MR) is 123 cm³/mol. The standard InChI is InChI=1S/C22H25FN4O6S/c23-17-1-3-18(4-2-17)24-22(28)16-7-9-25(10-8-16)20-6-5-19(15-21(20)27(29)30)34(31,32)26-11-13-33-14-12-26/h1-6,15-16H,7-14H2,(H,24,28). The van der Waals surface area contributed by atoms with E-state index in [2.05, 4.69) is 5.32 Å². The number of rotatable bonds is 6. The minimum Gasteiger partial charge on any atom is -0.379 e. The van der Waals surface area contributed by atoms with Gasteiger partial charge in [0.2, 0.25) is 15.9 Å². The van der Waals surface area contributed by atoms with Gasteiger partial charge in [0.25, 0.3) is 5.69 Å². The molecular weight excluding hydrogens is 467 g/mol. The maximum atomic E-state index is 13.1. The third kappa shape index (κ3) is 5.18. The van der Waals surface area contributed by atoms with E-state index in [0.29, 0.717) is 37.3 Å². The highest BCUT2D eigenvalue weighted by molar-refractivity contribution is 7.89. The molecule has 0 bridgehead atoms. The Kier molecular flexibility index (Phi) is 7.10. The third-order valence-corrected chi connectivity index (χ3v) is 7.96. The van der Waals surface area contributed by atoms with Gasteiger partial charge in [-0.15, -0.1) is 0 Å². The molecule has 2 fully saturated rings. The number of nitrogens with one attached hydrogen (secondary N) is 1. The third-order valence-electron chi connectivity index (χ3n) is 6.07. The number of piperidine rings is 1. The Morgan fingerprint density at radius 3 is 2.32 bits per heavy atom. The van der Waals surface area contributed by atoms with E-state index >= 15 is 0 Å². The smallest absolute Gasteiger partial charge is 0.293 e. The van der Waals surface area contributed by atoms with E-state index in [4.69, 9.17) is 4.74 Å². The quantitative estimate of drug-likeness (QED) is 0.486. The summed E-state index contributed by atoms with van der Waals surface area (Å²) in [6, 6.07) is 9.45. The van der Waals surface area contributed by atoms with Crippen molar-refractivity contribution in [2.24, 2.45) is 5.92 Å². The summed E-state index contributed by atoms with van der Waals surface area (Å²) in [5.41, 5.74) is 0.536. The van der Waals surface area contributed by atoms with Crippen molar-refractivity contribution < 1.29 is 27.3 Å². The van der Waals surface area contributed by atoms with Crippen LogP contribution in [0, 0.1) is 21.8 Å². The van der Waals surface area contributed by atoms with Crippen LogP contribution in [-0.2, 0) is 19.6 Å². The molecule has 0 spiro atoms. The summed E-state index contributed by atoms with van der Waals surface area (Å²) in [6.45, 7) is 1.76. The lowest BCUT2D eigenvalue weighted by Gasteiger charge is -2.33. The number of hydrogen-bond acceptors (Lipinski definition) is 7. The van der Waals surface area contributed by atoms with E-state index in [1.807, 2.05) is 0 Å². The second-order valence-electron chi connectivity index (χ2n) is 8.18. The maximum Gasteiger partial charge on any atom is 0.293 e. The first-order valence-corrected chi connectivity index (χ1v) is 12.4. The summed E-state index contributed by atoms with van der Waals surface area (Å²) < 4.78 is 45.3. The van der Waals surface area contributed by atoms with Gasteiger partial charge in [-0.05, 0) is 49.2 Å². The predicted octanol–water partition coefficient (Wildman–Crippen LogP) is 2.61. The van der Waals surface area contributed by atoms with Crippen LogP contribution in [0.5, 0.6) is 0 Å². The Hall–Kier alpha value is -3.09. The van der Waals surface area contributed by atoms with E-state index < -0.39 is 20.8 Å². The van der Waals surface area contributed by atoms with Crippen LogP contribution < -0.4 is 10.2 Å². The van der Waals surface area contributed by atoms with E-state index in [1.165, 1.54) is 40.7 Å². The van der Waals surface area contributed by atoms with Gasteiger partial charge in [0.1, 0.15) is 11.5 Å². The highest BCUT2D eigenvalue weighted by atomic mass is 32.2. The molecule has 2 aliphatic rings.